The van der Waals surface area contributed by atoms with E-state index in [1.807, 2.05) is 19.0 Å². The van der Waals surface area contributed by atoms with Crippen LogP contribution in [0.1, 0.15) is 30.4 Å². The zero-order valence-electron chi connectivity index (χ0n) is 18.2. The number of hydrogen-bond acceptors (Lipinski definition) is 5. The maximum Gasteiger partial charge on any atom is 0.340 e. The predicted molar refractivity (Wildman–Crippen MR) is 122 cm³/mol. The van der Waals surface area contributed by atoms with Crippen LogP contribution in [0.3, 0.4) is 0 Å². The number of aryl methyl sites for hydroxylation is 1. The van der Waals surface area contributed by atoms with Gasteiger partial charge in [0.15, 0.2) is 0 Å². The molecule has 0 bridgehead atoms. The van der Waals surface area contributed by atoms with Crippen LogP contribution in [0.25, 0.3) is 0 Å². The van der Waals surface area contributed by atoms with E-state index in [0.717, 1.165) is 31.4 Å². The Hall–Kier alpha value is -2.09. The van der Waals surface area contributed by atoms with E-state index in [2.05, 4.69) is 4.90 Å². The maximum atomic E-state index is 12.8. The molecule has 0 atom stereocenters. The SMILES string of the molecule is Cc1cccc(Cl)c1S(=O)(=O)Oc1ccc(CN(CCN(C)C)C(=O)C2CCC2)cc1. The lowest BCUT2D eigenvalue weighted by molar-refractivity contribution is -0.139. The minimum absolute atomic E-state index is 0.0262. The average molecular weight is 465 g/mol. The van der Waals surface area contributed by atoms with Crippen LogP contribution >= 0.6 is 11.6 Å². The summed E-state index contributed by atoms with van der Waals surface area (Å²) in [5, 5.41) is 0.127. The molecule has 6 nitrogen and oxygen atoms in total. The standard InChI is InChI=1S/C23H29ClN2O4S/c1-17-6-4-9-21(24)22(17)31(28,29)30-20-12-10-18(11-13-20)16-26(15-14-25(2)3)23(27)19-7-5-8-19/h4,6,9-13,19H,5,7-8,14-16H2,1-3H3. The van der Waals surface area contributed by atoms with Crippen LogP contribution in [0.4, 0.5) is 0 Å². The summed E-state index contributed by atoms with van der Waals surface area (Å²) in [5.74, 6) is 0.534. The molecular weight excluding hydrogens is 436 g/mol. The van der Waals surface area contributed by atoms with Gasteiger partial charge in [0, 0.05) is 25.6 Å². The Balaban J connectivity index is 1.71. The van der Waals surface area contributed by atoms with E-state index in [1.54, 1.807) is 43.3 Å². The first kappa shape index (κ1) is 23.6. The number of rotatable bonds is 9. The molecule has 0 aliphatic heterocycles. The monoisotopic (exact) mass is 464 g/mol. The summed E-state index contributed by atoms with van der Waals surface area (Å²) in [4.78, 5) is 16.7. The lowest BCUT2D eigenvalue weighted by Gasteiger charge is -2.32. The zero-order chi connectivity index (χ0) is 22.6. The van der Waals surface area contributed by atoms with Crippen molar-refractivity contribution in [2.75, 3.05) is 27.2 Å². The third kappa shape index (κ3) is 5.99. The number of amides is 1. The lowest BCUT2D eigenvalue weighted by atomic mass is 9.84. The van der Waals surface area contributed by atoms with Crippen LogP contribution in [0.5, 0.6) is 5.75 Å². The van der Waals surface area contributed by atoms with E-state index >= 15 is 0 Å². The third-order valence-electron chi connectivity index (χ3n) is 5.50. The van der Waals surface area contributed by atoms with E-state index in [-0.39, 0.29) is 27.5 Å². The van der Waals surface area contributed by atoms with Gasteiger partial charge in [0.2, 0.25) is 5.91 Å². The first-order chi connectivity index (χ1) is 14.7. The summed E-state index contributed by atoms with van der Waals surface area (Å²) >= 11 is 6.09. The Kier molecular flexibility index (Phi) is 7.62. The smallest absolute Gasteiger partial charge is 0.340 e. The van der Waals surface area contributed by atoms with Gasteiger partial charge in [0.25, 0.3) is 0 Å². The first-order valence-electron chi connectivity index (χ1n) is 10.4. The molecule has 168 valence electrons. The van der Waals surface area contributed by atoms with Crippen LogP contribution in [0.15, 0.2) is 47.4 Å². The molecule has 1 saturated carbocycles. The number of halogens is 1. The van der Waals surface area contributed by atoms with Gasteiger partial charge >= 0.3 is 10.1 Å². The van der Waals surface area contributed by atoms with Crippen molar-refractivity contribution in [3.05, 3.63) is 58.6 Å². The lowest BCUT2D eigenvalue weighted by Crippen LogP contribution is -2.41. The van der Waals surface area contributed by atoms with Crippen molar-refractivity contribution in [2.45, 2.75) is 37.6 Å². The summed E-state index contributed by atoms with van der Waals surface area (Å²) in [6, 6.07) is 11.7. The highest BCUT2D eigenvalue weighted by molar-refractivity contribution is 7.87. The average Bonchev–Trinajstić information content (AvgIpc) is 2.64. The Labute approximate surface area is 189 Å². The van der Waals surface area contributed by atoms with Gasteiger partial charge in [-0.2, -0.15) is 8.42 Å². The Morgan fingerprint density at radius 1 is 1.10 bits per heavy atom. The van der Waals surface area contributed by atoms with Crippen LogP contribution in [0.2, 0.25) is 5.02 Å². The predicted octanol–water partition coefficient (Wildman–Crippen LogP) is 4.11. The summed E-state index contributed by atoms with van der Waals surface area (Å²) in [6.07, 6.45) is 3.04. The second kappa shape index (κ2) is 10.0. The van der Waals surface area contributed by atoms with Gasteiger partial charge in [-0.3, -0.25) is 4.79 Å². The summed E-state index contributed by atoms with van der Waals surface area (Å²) in [7, 11) is -0.0804. The van der Waals surface area contributed by atoms with Crippen molar-refractivity contribution in [1.29, 1.82) is 0 Å². The second-order valence-electron chi connectivity index (χ2n) is 8.26. The van der Waals surface area contributed by atoms with Gasteiger partial charge in [-0.05, 0) is 63.2 Å². The molecule has 8 heteroatoms. The molecule has 0 N–H and O–H groups in total. The quantitative estimate of drug-likeness (QED) is 0.522. The molecular formula is C23H29ClN2O4S. The number of benzene rings is 2. The summed E-state index contributed by atoms with van der Waals surface area (Å²) in [6.45, 7) is 3.60. The minimum Gasteiger partial charge on any atom is -0.379 e. The fourth-order valence-corrected chi connectivity index (χ4v) is 5.20. The normalized spacial score (nSPS) is 14.4. The summed E-state index contributed by atoms with van der Waals surface area (Å²) in [5.41, 5.74) is 1.44. The highest BCUT2D eigenvalue weighted by Crippen LogP contribution is 2.30. The van der Waals surface area contributed by atoms with Gasteiger partial charge in [-0.25, -0.2) is 0 Å². The number of carbonyl (C=O) groups is 1. The molecule has 0 heterocycles. The van der Waals surface area contributed by atoms with Crippen molar-refractivity contribution in [3.8, 4) is 5.75 Å². The number of hydrogen-bond donors (Lipinski definition) is 0. The molecule has 1 aliphatic carbocycles. The maximum absolute atomic E-state index is 12.8. The van der Waals surface area contributed by atoms with Crippen molar-refractivity contribution in [3.63, 3.8) is 0 Å². The fraction of sp³-hybridized carbons (Fsp3) is 0.435. The highest BCUT2D eigenvalue weighted by atomic mass is 35.5. The Morgan fingerprint density at radius 3 is 2.32 bits per heavy atom. The van der Waals surface area contributed by atoms with Gasteiger partial charge in [-0.1, -0.05) is 42.3 Å². The molecule has 2 aromatic rings. The van der Waals surface area contributed by atoms with Gasteiger partial charge in [0.1, 0.15) is 10.6 Å². The number of likely N-dealkylation sites (N-methyl/N-ethyl adjacent to an activating group) is 1. The molecule has 0 saturated heterocycles. The van der Waals surface area contributed by atoms with Crippen molar-refractivity contribution >= 4 is 27.6 Å². The van der Waals surface area contributed by atoms with E-state index in [0.29, 0.717) is 18.7 Å². The van der Waals surface area contributed by atoms with E-state index < -0.39 is 10.1 Å². The molecule has 1 fully saturated rings. The Morgan fingerprint density at radius 2 is 1.77 bits per heavy atom. The van der Waals surface area contributed by atoms with Crippen LogP contribution in [-0.4, -0.2) is 51.3 Å². The number of nitrogens with zero attached hydrogens (tertiary/aromatic N) is 2. The van der Waals surface area contributed by atoms with Crippen molar-refractivity contribution in [2.24, 2.45) is 5.92 Å². The van der Waals surface area contributed by atoms with Crippen LogP contribution < -0.4 is 4.18 Å². The highest BCUT2D eigenvalue weighted by Gasteiger charge is 2.29. The van der Waals surface area contributed by atoms with Crippen molar-refractivity contribution < 1.29 is 17.4 Å². The topological polar surface area (TPSA) is 66.9 Å². The molecule has 0 radical (unpaired) electrons. The fourth-order valence-electron chi connectivity index (χ4n) is 3.47. The third-order valence-corrected chi connectivity index (χ3v) is 7.38. The Bertz CT molecular complexity index is 998. The second-order valence-corrected chi connectivity index (χ2v) is 10.1. The molecule has 1 aliphatic rings. The van der Waals surface area contributed by atoms with Crippen LogP contribution in [-0.2, 0) is 21.5 Å². The molecule has 0 unspecified atom stereocenters. The first-order valence-corrected chi connectivity index (χ1v) is 12.2. The van der Waals surface area contributed by atoms with E-state index in [4.69, 9.17) is 15.8 Å². The molecule has 3 rings (SSSR count). The molecule has 1 amide bonds. The molecule has 0 aromatic heterocycles. The van der Waals surface area contributed by atoms with Gasteiger partial charge in [0.05, 0.1) is 5.02 Å². The minimum atomic E-state index is -4.05. The number of carbonyl (C=O) groups excluding carboxylic acids is 1. The van der Waals surface area contributed by atoms with Gasteiger partial charge in [-0.15, -0.1) is 0 Å². The van der Waals surface area contributed by atoms with E-state index in [9.17, 15) is 13.2 Å². The van der Waals surface area contributed by atoms with Gasteiger partial charge < -0.3 is 14.0 Å². The van der Waals surface area contributed by atoms with Crippen LogP contribution in [0, 0.1) is 12.8 Å². The molecule has 2 aromatic carbocycles. The molecule has 0 spiro atoms. The largest absolute Gasteiger partial charge is 0.379 e. The summed E-state index contributed by atoms with van der Waals surface area (Å²) < 4.78 is 30.7. The van der Waals surface area contributed by atoms with E-state index in [1.165, 1.54) is 6.07 Å². The molecule has 31 heavy (non-hydrogen) atoms. The zero-order valence-corrected chi connectivity index (χ0v) is 19.7. The van der Waals surface area contributed by atoms with Crippen molar-refractivity contribution in [1.82, 2.24) is 9.80 Å².